The number of halogens is 4. The maximum absolute atomic E-state index is 13.7. The molecule has 156 valence electrons. The number of hydrogen-bond acceptors (Lipinski definition) is 4. The van der Waals surface area contributed by atoms with Gasteiger partial charge >= 0.3 is 12.1 Å². The van der Waals surface area contributed by atoms with Crippen LogP contribution in [0, 0.1) is 5.82 Å². The molecule has 0 saturated carbocycles. The summed E-state index contributed by atoms with van der Waals surface area (Å²) < 4.78 is 59.4. The molecule has 30 heavy (non-hydrogen) atoms. The fourth-order valence-electron chi connectivity index (χ4n) is 2.67. The minimum atomic E-state index is -4.90. The van der Waals surface area contributed by atoms with Gasteiger partial charge < -0.3 is 10.1 Å². The lowest BCUT2D eigenvalue weighted by Gasteiger charge is -2.13. The second-order valence-electron chi connectivity index (χ2n) is 6.04. The topological polar surface area (TPSA) is 73.2 Å². The molecule has 1 amide bonds. The number of benzene rings is 2. The van der Waals surface area contributed by atoms with Crippen LogP contribution in [0.3, 0.4) is 0 Å². The van der Waals surface area contributed by atoms with Gasteiger partial charge in [-0.05, 0) is 55.5 Å². The number of hydrogen-bond donors (Lipinski definition) is 1. The van der Waals surface area contributed by atoms with Crippen LogP contribution in [-0.4, -0.2) is 28.3 Å². The summed E-state index contributed by atoms with van der Waals surface area (Å²) in [7, 11) is 0. The number of anilines is 1. The molecular weight excluding hydrogens is 406 g/mol. The Morgan fingerprint density at radius 3 is 2.27 bits per heavy atom. The molecule has 0 bridgehead atoms. The van der Waals surface area contributed by atoms with Crippen molar-refractivity contribution in [1.82, 2.24) is 9.78 Å². The number of esters is 1. The molecule has 3 rings (SSSR count). The van der Waals surface area contributed by atoms with E-state index in [9.17, 15) is 27.2 Å². The highest BCUT2D eigenvalue weighted by molar-refractivity contribution is 6.05. The van der Waals surface area contributed by atoms with Gasteiger partial charge in [-0.1, -0.05) is 0 Å². The van der Waals surface area contributed by atoms with Gasteiger partial charge in [-0.3, -0.25) is 4.79 Å². The number of ether oxygens (including phenoxy) is 1. The van der Waals surface area contributed by atoms with Crippen molar-refractivity contribution in [2.45, 2.75) is 13.1 Å². The van der Waals surface area contributed by atoms with E-state index in [4.69, 9.17) is 4.74 Å². The highest BCUT2D eigenvalue weighted by atomic mass is 19.4. The highest BCUT2D eigenvalue weighted by Crippen LogP contribution is 2.34. The lowest BCUT2D eigenvalue weighted by Crippen LogP contribution is -2.20. The van der Waals surface area contributed by atoms with Crippen LogP contribution >= 0.6 is 0 Å². The Hall–Kier alpha value is -3.69. The van der Waals surface area contributed by atoms with Crippen molar-refractivity contribution in [2.24, 2.45) is 0 Å². The fourth-order valence-corrected chi connectivity index (χ4v) is 2.67. The van der Waals surface area contributed by atoms with Crippen molar-refractivity contribution in [1.29, 1.82) is 0 Å². The van der Waals surface area contributed by atoms with Crippen LogP contribution in [-0.2, 0) is 10.9 Å². The Labute approximate surface area is 168 Å². The molecule has 3 aromatic rings. The Morgan fingerprint density at radius 1 is 1.07 bits per heavy atom. The van der Waals surface area contributed by atoms with Gasteiger partial charge in [0, 0.05) is 5.69 Å². The lowest BCUT2D eigenvalue weighted by molar-refractivity contribution is -0.143. The Morgan fingerprint density at radius 2 is 1.70 bits per heavy atom. The van der Waals surface area contributed by atoms with Gasteiger partial charge in [0.25, 0.3) is 5.91 Å². The summed E-state index contributed by atoms with van der Waals surface area (Å²) in [5, 5.41) is 5.99. The van der Waals surface area contributed by atoms with Gasteiger partial charge in [-0.15, -0.1) is 0 Å². The monoisotopic (exact) mass is 421 g/mol. The Bertz CT molecular complexity index is 1060. The SMILES string of the molecule is CCOC(=O)c1ccc(NC(=O)c2cnn(-c3ccc(F)cc3)c2C(F)(F)F)cc1. The van der Waals surface area contributed by atoms with E-state index in [1.807, 2.05) is 0 Å². The zero-order valence-electron chi connectivity index (χ0n) is 15.5. The predicted molar refractivity (Wildman–Crippen MR) is 98.9 cm³/mol. The number of aromatic nitrogens is 2. The highest BCUT2D eigenvalue weighted by Gasteiger charge is 2.40. The van der Waals surface area contributed by atoms with Crippen molar-refractivity contribution in [3.05, 3.63) is 77.4 Å². The van der Waals surface area contributed by atoms with Gasteiger partial charge in [-0.25, -0.2) is 13.9 Å². The quantitative estimate of drug-likeness (QED) is 0.488. The van der Waals surface area contributed by atoms with E-state index in [-0.39, 0.29) is 23.5 Å². The van der Waals surface area contributed by atoms with Gasteiger partial charge in [0.05, 0.1) is 29.6 Å². The standard InChI is InChI=1S/C20H15F4N3O3/c1-2-30-19(29)12-3-7-14(8-4-12)26-18(28)16-11-25-27(17(16)20(22,23)24)15-9-5-13(21)6-10-15/h3-11H,2H2,1H3,(H,26,28). The molecule has 0 unspecified atom stereocenters. The number of nitrogens with one attached hydrogen (secondary N) is 1. The van der Waals surface area contributed by atoms with Crippen molar-refractivity contribution in [3.63, 3.8) is 0 Å². The van der Waals surface area contributed by atoms with Crippen molar-refractivity contribution >= 4 is 17.6 Å². The van der Waals surface area contributed by atoms with Crippen LogP contribution in [0.2, 0.25) is 0 Å². The predicted octanol–water partition coefficient (Wildman–Crippen LogP) is 4.46. The number of carbonyl (C=O) groups excluding carboxylic acids is 2. The van der Waals surface area contributed by atoms with Crippen LogP contribution in [0.1, 0.15) is 33.3 Å². The molecule has 1 heterocycles. The molecule has 0 radical (unpaired) electrons. The van der Waals surface area contributed by atoms with Crippen LogP contribution < -0.4 is 5.32 Å². The first-order valence-corrected chi connectivity index (χ1v) is 8.70. The smallest absolute Gasteiger partial charge is 0.434 e. The number of alkyl halides is 3. The third-order valence-corrected chi connectivity index (χ3v) is 4.01. The zero-order chi connectivity index (χ0) is 21.9. The largest absolute Gasteiger partial charge is 0.462 e. The summed E-state index contributed by atoms with van der Waals surface area (Å²) in [6, 6.07) is 9.69. The number of amides is 1. The van der Waals surface area contributed by atoms with Crippen LogP contribution in [0.25, 0.3) is 5.69 Å². The zero-order valence-corrected chi connectivity index (χ0v) is 15.5. The van der Waals surface area contributed by atoms with E-state index in [2.05, 4.69) is 10.4 Å². The van der Waals surface area contributed by atoms with Gasteiger partial charge in [0.15, 0.2) is 5.69 Å². The molecule has 0 aliphatic rings. The normalized spacial score (nSPS) is 11.2. The third-order valence-electron chi connectivity index (χ3n) is 4.01. The van der Waals surface area contributed by atoms with Gasteiger partial charge in [0.2, 0.25) is 0 Å². The van der Waals surface area contributed by atoms with E-state index in [0.717, 1.165) is 30.5 Å². The summed E-state index contributed by atoms with van der Waals surface area (Å²) in [5.74, 6) is -2.22. The maximum Gasteiger partial charge on any atom is 0.434 e. The van der Waals surface area contributed by atoms with E-state index < -0.39 is 35.1 Å². The minimum absolute atomic E-state index is 0.0541. The second-order valence-corrected chi connectivity index (χ2v) is 6.04. The summed E-state index contributed by atoms with van der Waals surface area (Å²) >= 11 is 0. The van der Waals surface area contributed by atoms with Crippen LogP contribution in [0.5, 0.6) is 0 Å². The molecule has 0 spiro atoms. The number of rotatable bonds is 5. The molecule has 0 aliphatic heterocycles. The first-order valence-electron chi connectivity index (χ1n) is 8.70. The van der Waals surface area contributed by atoms with Gasteiger partial charge in [-0.2, -0.15) is 18.3 Å². The fraction of sp³-hybridized carbons (Fsp3) is 0.150. The minimum Gasteiger partial charge on any atom is -0.462 e. The molecule has 0 aliphatic carbocycles. The maximum atomic E-state index is 13.7. The Kier molecular flexibility index (Phi) is 5.86. The Balaban J connectivity index is 1.89. The molecule has 10 heteroatoms. The molecule has 0 atom stereocenters. The van der Waals surface area contributed by atoms with E-state index >= 15 is 0 Å². The molecule has 6 nitrogen and oxygen atoms in total. The van der Waals surface area contributed by atoms with Gasteiger partial charge in [0.1, 0.15) is 5.82 Å². The van der Waals surface area contributed by atoms with E-state index in [1.54, 1.807) is 6.92 Å². The van der Waals surface area contributed by atoms with Crippen molar-refractivity contribution in [2.75, 3.05) is 11.9 Å². The lowest BCUT2D eigenvalue weighted by atomic mass is 10.2. The van der Waals surface area contributed by atoms with Crippen molar-refractivity contribution in [3.8, 4) is 5.69 Å². The molecule has 0 saturated heterocycles. The molecule has 1 N–H and O–H groups in total. The average Bonchev–Trinajstić information content (AvgIpc) is 3.15. The first kappa shape index (κ1) is 21.0. The molecular formula is C20H15F4N3O3. The van der Waals surface area contributed by atoms with Crippen LogP contribution in [0.4, 0.5) is 23.2 Å². The van der Waals surface area contributed by atoms with E-state index in [0.29, 0.717) is 4.68 Å². The summed E-state index contributed by atoms with van der Waals surface area (Å²) in [4.78, 5) is 24.1. The third kappa shape index (κ3) is 4.48. The molecule has 2 aromatic carbocycles. The second kappa shape index (κ2) is 8.36. The van der Waals surface area contributed by atoms with Crippen molar-refractivity contribution < 1.29 is 31.9 Å². The molecule has 0 fully saturated rings. The summed E-state index contributed by atoms with van der Waals surface area (Å²) in [6.45, 7) is 1.84. The average molecular weight is 421 g/mol. The summed E-state index contributed by atoms with van der Waals surface area (Å²) in [5.41, 5.74) is -1.65. The van der Waals surface area contributed by atoms with Crippen LogP contribution in [0.15, 0.2) is 54.7 Å². The number of carbonyl (C=O) groups is 2. The molecule has 1 aromatic heterocycles. The summed E-state index contributed by atoms with van der Waals surface area (Å²) in [6.07, 6.45) is -4.11. The van der Waals surface area contributed by atoms with E-state index in [1.165, 1.54) is 24.3 Å². The number of nitrogens with zero attached hydrogens (tertiary/aromatic N) is 2. The first-order chi connectivity index (χ1) is 14.2.